The third-order valence-electron chi connectivity index (χ3n) is 9.77. The Morgan fingerprint density at radius 3 is 2.17 bits per heavy atom. The fourth-order valence-corrected chi connectivity index (χ4v) is 7.72. The van der Waals surface area contributed by atoms with Gasteiger partial charge in [0.2, 0.25) is 0 Å². The van der Waals surface area contributed by atoms with Crippen LogP contribution in [0.15, 0.2) is 66.7 Å². The number of esters is 4. The first-order valence-corrected chi connectivity index (χ1v) is 15.3. The van der Waals surface area contributed by atoms with Crippen molar-refractivity contribution in [1.82, 2.24) is 0 Å². The van der Waals surface area contributed by atoms with Crippen molar-refractivity contribution in [2.45, 2.75) is 82.1 Å². The highest BCUT2D eigenvalue weighted by Crippen LogP contribution is 2.68. The van der Waals surface area contributed by atoms with Crippen molar-refractivity contribution in [2.75, 3.05) is 13.2 Å². The van der Waals surface area contributed by atoms with Gasteiger partial charge in [-0.2, -0.15) is 0 Å². The van der Waals surface area contributed by atoms with Gasteiger partial charge in [0.05, 0.1) is 17.3 Å². The summed E-state index contributed by atoms with van der Waals surface area (Å²) < 4.78 is 30.0. The first-order valence-electron chi connectivity index (χ1n) is 15.3. The molecule has 5 rings (SSSR count). The second-order valence-electron chi connectivity index (χ2n) is 12.8. The maximum atomic E-state index is 13.4. The summed E-state index contributed by atoms with van der Waals surface area (Å²) >= 11 is 0. The lowest BCUT2D eigenvalue weighted by molar-refractivity contribution is -0.342. The van der Waals surface area contributed by atoms with E-state index in [4.69, 9.17) is 23.7 Å². The maximum absolute atomic E-state index is 13.4. The number of carbonyl (C=O) groups excluding carboxylic acids is 4. The van der Waals surface area contributed by atoms with E-state index in [2.05, 4.69) is 0 Å². The highest BCUT2D eigenvalue weighted by molar-refractivity contribution is 5.89. The van der Waals surface area contributed by atoms with Gasteiger partial charge < -0.3 is 33.9 Å². The summed E-state index contributed by atoms with van der Waals surface area (Å²) in [6.45, 7) is 4.71. The molecular weight excluding hydrogens is 596 g/mol. The summed E-state index contributed by atoms with van der Waals surface area (Å²) in [5.41, 5.74) is -5.92. The van der Waals surface area contributed by atoms with Gasteiger partial charge in [-0.05, 0) is 56.9 Å². The number of benzene rings is 2. The van der Waals surface area contributed by atoms with Crippen LogP contribution in [0.5, 0.6) is 0 Å². The van der Waals surface area contributed by atoms with Gasteiger partial charge in [0.15, 0.2) is 0 Å². The number of fused-ring (bicyclic) bond motifs is 1. The van der Waals surface area contributed by atoms with Crippen LogP contribution in [0.25, 0.3) is 6.08 Å². The van der Waals surface area contributed by atoms with Crippen LogP contribution in [0, 0.1) is 11.3 Å². The molecule has 8 atom stereocenters. The smallest absolute Gasteiger partial charge is 0.338 e. The van der Waals surface area contributed by atoms with E-state index in [0.717, 1.165) is 5.56 Å². The Morgan fingerprint density at radius 2 is 1.54 bits per heavy atom. The Morgan fingerprint density at radius 1 is 0.891 bits per heavy atom. The molecule has 0 aromatic heterocycles. The molecule has 0 amide bonds. The number of aliphatic hydroxyl groups excluding tert-OH is 1. The Kier molecular flexibility index (Phi) is 9.14. The number of hydrogen-bond acceptors (Lipinski definition) is 11. The van der Waals surface area contributed by atoms with Crippen molar-refractivity contribution >= 4 is 30.0 Å². The van der Waals surface area contributed by atoms with Gasteiger partial charge in [0, 0.05) is 25.8 Å². The summed E-state index contributed by atoms with van der Waals surface area (Å²) in [4.78, 5) is 51.1. The molecule has 0 radical (unpaired) electrons. The van der Waals surface area contributed by atoms with Gasteiger partial charge in [-0.1, -0.05) is 48.5 Å². The standard InChI is InChI=1S/C35H40O11/c1-22(36)42-21-34-27(44-23(2)37)17-18-33(4,41)35(34)30(39)26(19-28(34)45-29(38)16-15-24-11-7-5-8-12-24)32(3,46-35)20-43-31(40)25-13-9-6-10-14-25/h5-16,26-28,30,39,41H,17-21H2,1-4H3/b16-15+/t26?,27-,28-,30+,32?,33-,34-,35?/m0/s1. The molecule has 2 N–H and O–H groups in total. The van der Waals surface area contributed by atoms with Crippen molar-refractivity contribution in [3.05, 3.63) is 77.9 Å². The van der Waals surface area contributed by atoms with Gasteiger partial charge in [-0.15, -0.1) is 0 Å². The molecule has 2 aliphatic carbocycles. The molecule has 2 bridgehead atoms. The van der Waals surface area contributed by atoms with Gasteiger partial charge in [-0.25, -0.2) is 9.59 Å². The van der Waals surface area contributed by atoms with Crippen molar-refractivity contribution < 1.29 is 53.1 Å². The molecule has 246 valence electrons. The average molecular weight is 637 g/mol. The van der Waals surface area contributed by atoms with Crippen LogP contribution in [0.2, 0.25) is 0 Å². The van der Waals surface area contributed by atoms with Crippen LogP contribution in [0.3, 0.4) is 0 Å². The Labute approximate surface area is 267 Å². The van der Waals surface area contributed by atoms with Crippen LogP contribution in [0.1, 0.15) is 62.9 Å². The molecule has 3 fully saturated rings. The van der Waals surface area contributed by atoms with E-state index in [9.17, 15) is 29.4 Å². The highest BCUT2D eigenvalue weighted by Gasteiger charge is 2.84. The number of rotatable bonds is 9. The minimum absolute atomic E-state index is 0.0189. The molecule has 1 spiro atoms. The zero-order valence-electron chi connectivity index (χ0n) is 26.3. The largest absolute Gasteiger partial charge is 0.465 e. The lowest BCUT2D eigenvalue weighted by Crippen LogP contribution is -2.80. The number of ether oxygens (including phenoxy) is 5. The molecule has 1 aliphatic heterocycles. The third kappa shape index (κ3) is 5.72. The molecule has 2 aromatic rings. The van der Waals surface area contributed by atoms with Crippen LogP contribution >= 0.6 is 0 Å². The van der Waals surface area contributed by atoms with Crippen LogP contribution < -0.4 is 0 Å². The zero-order chi connectivity index (χ0) is 33.3. The molecule has 3 unspecified atom stereocenters. The average Bonchev–Trinajstić information content (AvgIpc) is 3.18. The maximum Gasteiger partial charge on any atom is 0.338 e. The van der Waals surface area contributed by atoms with Crippen molar-refractivity contribution in [3.8, 4) is 0 Å². The van der Waals surface area contributed by atoms with E-state index >= 15 is 0 Å². The quantitative estimate of drug-likeness (QED) is 0.236. The Bertz CT molecular complexity index is 1490. The van der Waals surface area contributed by atoms with Gasteiger partial charge in [0.1, 0.15) is 42.0 Å². The van der Waals surface area contributed by atoms with E-state index in [-0.39, 0.29) is 25.9 Å². The van der Waals surface area contributed by atoms with Crippen molar-refractivity contribution in [3.63, 3.8) is 0 Å². The Hall–Kier alpha value is -4.06. The lowest BCUT2D eigenvalue weighted by atomic mass is 9.47. The summed E-state index contributed by atoms with van der Waals surface area (Å²) in [5.74, 6) is -3.54. The molecule has 1 heterocycles. The van der Waals surface area contributed by atoms with Crippen LogP contribution in [-0.4, -0.2) is 82.4 Å². The summed E-state index contributed by atoms with van der Waals surface area (Å²) in [7, 11) is 0. The monoisotopic (exact) mass is 636 g/mol. The first-order chi connectivity index (χ1) is 21.8. The van der Waals surface area contributed by atoms with Crippen molar-refractivity contribution in [2.24, 2.45) is 11.3 Å². The van der Waals surface area contributed by atoms with E-state index in [1.807, 2.05) is 30.3 Å². The minimum Gasteiger partial charge on any atom is -0.465 e. The number of hydrogen-bond donors (Lipinski definition) is 2. The molecule has 46 heavy (non-hydrogen) atoms. The Balaban J connectivity index is 1.60. The van der Waals surface area contributed by atoms with Gasteiger partial charge in [0.25, 0.3) is 0 Å². The van der Waals surface area contributed by atoms with Crippen LogP contribution in [0.4, 0.5) is 0 Å². The molecular formula is C35H40O11. The predicted octanol–water partition coefficient (Wildman–Crippen LogP) is 3.40. The second-order valence-corrected chi connectivity index (χ2v) is 12.8. The predicted molar refractivity (Wildman–Crippen MR) is 163 cm³/mol. The molecule has 11 heteroatoms. The van der Waals surface area contributed by atoms with E-state index in [1.54, 1.807) is 43.3 Å². The van der Waals surface area contributed by atoms with Crippen molar-refractivity contribution in [1.29, 1.82) is 0 Å². The number of aliphatic hydroxyl groups is 2. The van der Waals surface area contributed by atoms with E-state index in [0.29, 0.717) is 5.56 Å². The van der Waals surface area contributed by atoms with Gasteiger partial charge >= 0.3 is 23.9 Å². The summed E-state index contributed by atoms with van der Waals surface area (Å²) in [6.07, 6.45) is -0.851. The molecule has 2 aromatic carbocycles. The fraction of sp³-hybridized carbons (Fsp3) is 0.486. The number of carbonyl (C=O) groups is 4. The SMILES string of the molecule is CC(=O)OC[C@@]12[C@@H](OC(C)=O)CC[C@](C)(O)C13OC(C)(COC(=O)c1ccccc1)C(C[C@@H]2OC(=O)/C=C/c1ccccc1)[C@H]3O. The molecule has 1 saturated heterocycles. The first kappa shape index (κ1) is 33.3. The second kappa shape index (κ2) is 12.6. The normalized spacial score (nSPS) is 34.7. The third-order valence-corrected chi connectivity index (χ3v) is 9.77. The summed E-state index contributed by atoms with van der Waals surface area (Å²) in [5, 5.41) is 24.3. The topological polar surface area (TPSA) is 155 Å². The zero-order valence-corrected chi connectivity index (χ0v) is 26.3. The fourth-order valence-electron chi connectivity index (χ4n) is 7.72. The lowest BCUT2D eigenvalue weighted by Gasteiger charge is -2.64. The van der Waals surface area contributed by atoms with E-state index in [1.165, 1.54) is 26.8 Å². The molecule has 2 saturated carbocycles. The van der Waals surface area contributed by atoms with Crippen LogP contribution in [-0.2, 0) is 38.1 Å². The molecule has 3 aliphatic rings. The van der Waals surface area contributed by atoms with E-state index < -0.39 is 76.9 Å². The molecule has 11 nitrogen and oxygen atoms in total. The minimum atomic E-state index is -2.00. The van der Waals surface area contributed by atoms with Gasteiger partial charge in [-0.3, -0.25) is 9.59 Å². The highest BCUT2D eigenvalue weighted by atomic mass is 16.6. The summed E-state index contributed by atoms with van der Waals surface area (Å²) in [6, 6.07) is 17.5.